The SMILES string of the molecule is CC#CCCN(c1sc2ccccc2c1C)S(=O)(=O)CC. The number of hydrogen-bond donors (Lipinski definition) is 0. The highest BCUT2D eigenvalue weighted by molar-refractivity contribution is 7.93. The van der Waals surface area contributed by atoms with Crippen molar-refractivity contribution in [2.24, 2.45) is 0 Å². The molecule has 0 amide bonds. The minimum absolute atomic E-state index is 0.0975. The number of aryl methyl sites for hydroxylation is 1. The minimum Gasteiger partial charge on any atom is -0.260 e. The predicted molar refractivity (Wildman–Crippen MR) is 91.4 cm³/mol. The van der Waals surface area contributed by atoms with Crippen LogP contribution >= 0.6 is 11.3 Å². The maximum atomic E-state index is 12.4. The molecule has 0 fully saturated rings. The summed E-state index contributed by atoms with van der Waals surface area (Å²) >= 11 is 1.53. The van der Waals surface area contributed by atoms with Gasteiger partial charge in [0, 0.05) is 17.7 Å². The van der Waals surface area contributed by atoms with Crippen molar-refractivity contribution >= 4 is 36.4 Å². The summed E-state index contributed by atoms with van der Waals surface area (Å²) in [4.78, 5) is 0. The molecule has 1 heterocycles. The van der Waals surface area contributed by atoms with Gasteiger partial charge in [-0.3, -0.25) is 4.31 Å². The van der Waals surface area contributed by atoms with Gasteiger partial charge in [0.2, 0.25) is 10.0 Å². The fourth-order valence-electron chi connectivity index (χ4n) is 2.20. The van der Waals surface area contributed by atoms with E-state index in [4.69, 9.17) is 0 Å². The Kier molecular flexibility index (Phi) is 4.92. The van der Waals surface area contributed by atoms with Crippen molar-refractivity contribution in [2.75, 3.05) is 16.6 Å². The van der Waals surface area contributed by atoms with Crippen molar-refractivity contribution in [3.63, 3.8) is 0 Å². The zero-order valence-corrected chi connectivity index (χ0v) is 14.1. The number of hydrogen-bond acceptors (Lipinski definition) is 3. The largest absolute Gasteiger partial charge is 0.260 e. The summed E-state index contributed by atoms with van der Waals surface area (Å²) in [6, 6.07) is 8.02. The Bertz CT molecular complexity index is 795. The van der Waals surface area contributed by atoms with Crippen molar-refractivity contribution in [2.45, 2.75) is 27.2 Å². The van der Waals surface area contributed by atoms with Crippen LogP contribution in [0.4, 0.5) is 5.00 Å². The third-order valence-electron chi connectivity index (χ3n) is 3.36. The van der Waals surface area contributed by atoms with E-state index in [1.54, 1.807) is 13.8 Å². The summed E-state index contributed by atoms with van der Waals surface area (Å²) in [5.74, 6) is 5.86. The molecule has 0 aliphatic carbocycles. The second-order valence-electron chi connectivity index (χ2n) is 4.68. The monoisotopic (exact) mass is 321 g/mol. The molecule has 5 heteroatoms. The van der Waals surface area contributed by atoms with Gasteiger partial charge in [0.1, 0.15) is 5.00 Å². The molecule has 1 aromatic heterocycles. The smallest absolute Gasteiger partial charge is 0.235 e. The third kappa shape index (κ3) is 3.22. The number of rotatable bonds is 5. The molecule has 0 aliphatic heterocycles. The number of fused-ring (bicyclic) bond motifs is 1. The molecule has 2 rings (SSSR count). The highest BCUT2D eigenvalue weighted by Gasteiger charge is 2.24. The normalized spacial score (nSPS) is 11.2. The average Bonchev–Trinajstić information content (AvgIpc) is 2.81. The van der Waals surface area contributed by atoms with Crippen LogP contribution in [0.5, 0.6) is 0 Å². The summed E-state index contributed by atoms with van der Waals surface area (Å²) in [7, 11) is -3.29. The first-order valence-corrected chi connectivity index (χ1v) is 9.32. The van der Waals surface area contributed by atoms with E-state index in [-0.39, 0.29) is 5.75 Å². The van der Waals surface area contributed by atoms with E-state index in [2.05, 4.69) is 11.8 Å². The van der Waals surface area contributed by atoms with Gasteiger partial charge < -0.3 is 0 Å². The molecule has 0 radical (unpaired) electrons. The van der Waals surface area contributed by atoms with Crippen molar-refractivity contribution in [3.05, 3.63) is 29.8 Å². The first-order valence-electron chi connectivity index (χ1n) is 6.89. The van der Waals surface area contributed by atoms with E-state index in [0.29, 0.717) is 13.0 Å². The second kappa shape index (κ2) is 6.50. The molecule has 0 atom stereocenters. The van der Waals surface area contributed by atoms with Crippen LogP contribution in [0.25, 0.3) is 10.1 Å². The Labute approximate surface area is 130 Å². The van der Waals surface area contributed by atoms with Crippen LogP contribution in [0, 0.1) is 18.8 Å². The Balaban J connectivity index is 2.52. The Morgan fingerprint density at radius 2 is 2.00 bits per heavy atom. The Morgan fingerprint density at radius 1 is 1.29 bits per heavy atom. The summed E-state index contributed by atoms with van der Waals surface area (Å²) in [6.45, 7) is 5.84. The molecule has 0 saturated heterocycles. The molecule has 2 aromatic rings. The van der Waals surface area contributed by atoms with Crippen LogP contribution in [0.3, 0.4) is 0 Å². The van der Waals surface area contributed by atoms with Gasteiger partial charge in [-0.1, -0.05) is 18.2 Å². The fraction of sp³-hybridized carbons (Fsp3) is 0.375. The van der Waals surface area contributed by atoms with Gasteiger partial charge in [-0.25, -0.2) is 8.42 Å². The van der Waals surface area contributed by atoms with E-state index in [1.165, 1.54) is 15.6 Å². The lowest BCUT2D eigenvalue weighted by molar-refractivity contribution is 0.592. The maximum Gasteiger partial charge on any atom is 0.235 e. The lowest BCUT2D eigenvalue weighted by atomic mass is 10.2. The van der Waals surface area contributed by atoms with Crippen LogP contribution in [0.15, 0.2) is 24.3 Å². The van der Waals surface area contributed by atoms with Gasteiger partial charge in [0.25, 0.3) is 0 Å². The van der Waals surface area contributed by atoms with Crippen LogP contribution in [-0.4, -0.2) is 20.7 Å². The van der Waals surface area contributed by atoms with Gasteiger partial charge in [-0.2, -0.15) is 0 Å². The quantitative estimate of drug-likeness (QED) is 0.786. The first-order chi connectivity index (χ1) is 10.0. The number of anilines is 1. The summed E-state index contributed by atoms with van der Waals surface area (Å²) in [6.07, 6.45) is 0.545. The highest BCUT2D eigenvalue weighted by atomic mass is 32.2. The summed E-state index contributed by atoms with van der Waals surface area (Å²) in [5.41, 5.74) is 1.03. The zero-order chi connectivity index (χ0) is 15.5. The van der Waals surface area contributed by atoms with Crippen LogP contribution in [-0.2, 0) is 10.0 Å². The van der Waals surface area contributed by atoms with Crippen molar-refractivity contribution in [3.8, 4) is 11.8 Å². The Hall–Kier alpha value is -1.51. The lowest BCUT2D eigenvalue weighted by Gasteiger charge is -2.22. The number of sulfonamides is 1. The molecule has 3 nitrogen and oxygen atoms in total. The standard InChI is InChI=1S/C16H19NO2S2/c1-4-6-9-12-17(21(18,19)5-2)16-13(3)14-10-7-8-11-15(14)20-16/h7-8,10-11H,5,9,12H2,1-3H3. The fourth-order valence-corrected chi connectivity index (χ4v) is 4.87. The molecule has 21 heavy (non-hydrogen) atoms. The average molecular weight is 321 g/mol. The molecule has 0 aliphatic rings. The van der Waals surface area contributed by atoms with Crippen molar-refractivity contribution < 1.29 is 8.42 Å². The lowest BCUT2D eigenvalue weighted by Crippen LogP contribution is -2.33. The Morgan fingerprint density at radius 3 is 2.62 bits per heavy atom. The van der Waals surface area contributed by atoms with E-state index in [1.807, 2.05) is 31.2 Å². The van der Waals surface area contributed by atoms with E-state index >= 15 is 0 Å². The number of benzene rings is 1. The van der Waals surface area contributed by atoms with Crippen LogP contribution in [0.2, 0.25) is 0 Å². The maximum absolute atomic E-state index is 12.4. The number of nitrogens with zero attached hydrogens (tertiary/aromatic N) is 1. The molecule has 1 aromatic carbocycles. The molecular weight excluding hydrogens is 302 g/mol. The van der Waals surface area contributed by atoms with Crippen LogP contribution < -0.4 is 4.31 Å². The molecule has 0 spiro atoms. The second-order valence-corrected chi connectivity index (χ2v) is 7.89. The zero-order valence-electron chi connectivity index (χ0n) is 12.5. The molecule has 112 valence electrons. The van der Waals surface area contributed by atoms with Gasteiger partial charge in [-0.15, -0.1) is 23.2 Å². The topological polar surface area (TPSA) is 37.4 Å². The molecule has 0 saturated carbocycles. The molecule has 0 unspecified atom stereocenters. The van der Waals surface area contributed by atoms with E-state index in [0.717, 1.165) is 20.7 Å². The van der Waals surface area contributed by atoms with Gasteiger partial charge in [0.15, 0.2) is 0 Å². The highest BCUT2D eigenvalue weighted by Crippen LogP contribution is 2.38. The minimum atomic E-state index is -3.29. The van der Waals surface area contributed by atoms with Gasteiger partial charge in [0.05, 0.1) is 5.75 Å². The third-order valence-corrected chi connectivity index (χ3v) is 6.54. The van der Waals surface area contributed by atoms with Gasteiger partial charge >= 0.3 is 0 Å². The van der Waals surface area contributed by atoms with E-state index < -0.39 is 10.0 Å². The van der Waals surface area contributed by atoms with E-state index in [9.17, 15) is 8.42 Å². The van der Waals surface area contributed by atoms with Gasteiger partial charge in [-0.05, 0) is 37.8 Å². The molecular formula is C16H19NO2S2. The van der Waals surface area contributed by atoms with Crippen molar-refractivity contribution in [1.82, 2.24) is 0 Å². The summed E-state index contributed by atoms with van der Waals surface area (Å²) in [5, 5.41) is 1.94. The van der Waals surface area contributed by atoms with Crippen LogP contribution in [0.1, 0.15) is 25.8 Å². The number of thiophene rings is 1. The molecule has 0 bridgehead atoms. The van der Waals surface area contributed by atoms with Crippen molar-refractivity contribution in [1.29, 1.82) is 0 Å². The first kappa shape index (κ1) is 15.9. The molecule has 0 N–H and O–H groups in total. The summed E-state index contributed by atoms with van der Waals surface area (Å²) < 4.78 is 27.5. The predicted octanol–water partition coefficient (Wildman–Crippen LogP) is 3.78.